The number of hydrogen-bond acceptors (Lipinski definition) is 4. The lowest BCUT2D eigenvalue weighted by Gasteiger charge is -2.17. The molecule has 0 unspecified atom stereocenters. The highest BCUT2D eigenvalue weighted by molar-refractivity contribution is 7.99. The quantitative estimate of drug-likeness (QED) is 0.744. The third-order valence-corrected chi connectivity index (χ3v) is 4.13. The minimum absolute atomic E-state index is 0.0269. The van der Waals surface area contributed by atoms with Crippen LogP contribution in [-0.4, -0.2) is 31.6 Å². The Kier molecular flexibility index (Phi) is 6.34. The molecule has 0 aromatic carbocycles. The van der Waals surface area contributed by atoms with E-state index >= 15 is 0 Å². The van der Waals surface area contributed by atoms with Crippen LogP contribution in [0.25, 0.3) is 0 Å². The monoisotopic (exact) mass is 285 g/mol. The van der Waals surface area contributed by atoms with Crippen LogP contribution in [0.5, 0.6) is 0 Å². The van der Waals surface area contributed by atoms with Gasteiger partial charge in [-0.15, -0.1) is 10.2 Å². The minimum Gasteiger partial charge on any atom is -0.481 e. The zero-order valence-electron chi connectivity index (χ0n) is 12.1. The Morgan fingerprint density at radius 3 is 2.42 bits per heavy atom. The van der Waals surface area contributed by atoms with E-state index in [9.17, 15) is 4.79 Å². The van der Waals surface area contributed by atoms with Gasteiger partial charge in [0, 0.05) is 12.5 Å². The van der Waals surface area contributed by atoms with Gasteiger partial charge in [-0.1, -0.05) is 52.3 Å². The smallest absolute Gasteiger partial charge is 0.313 e. The molecule has 0 saturated heterocycles. The summed E-state index contributed by atoms with van der Waals surface area (Å²) in [4.78, 5) is 10.7. The second kappa shape index (κ2) is 7.53. The van der Waals surface area contributed by atoms with E-state index in [-0.39, 0.29) is 5.75 Å². The molecule has 19 heavy (non-hydrogen) atoms. The van der Waals surface area contributed by atoms with E-state index in [4.69, 9.17) is 5.11 Å². The summed E-state index contributed by atoms with van der Waals surface area (Å²) >= 11 is 1.25. The first-order valence-electron chi connectivity index (χ1n) is 6.77. The summed E-state index contributed by atoms with van der Waals surface area (Å²) in [6.07, 6.45) is 2.21. The van der Waals surface area contributed by atoms with Crippen LogP contribution in [0.3, 0.4) is 0 Å². The maximum Gasteiger partial charge on any atom is 0.313 e. The zero-order chi connectivity index (χ0) is 14.4. The highest BCUT2D eigenvalue weighted by atomic mass is 32.2. The summed E-state index contributed by atoms with van der Waals surface area (Å²) < 4.78 is 2.09. The molecule has 1 N–H and O–H groups in total. The number of carbonyl (C=O) groups is 1. The van der Waals surface area contributed by atoms with Crippen LogP contribution in [0.15, 0.2) is 5.16 Å². The van der Waals surface area contributed by atoms with Crippen LogP contribution in [0.4, 0.5) is 0 Å². The predicted molar refractivity (Wildman–Crippen MR) is 76.5 cm³/mol. The van der Waals surface area contributed by atoms with Gasteiger partial charge in [-0.2, -0.15) is 0 Å². The normalized spacial score (nSPS) is 11.5. The lowest BCUT2D eigenvalue weighted by atomic mass is 10.0. The van der Waals surface area contributed by atoms with Crippen molar-refractivity contribution >= 4 is 17.7 Å². The van der Waals surface area contributed by atoms with Gasteiger partial charge < -0.3 is 9.67 Å². The number of aromatic nitrogens is 3. The Labute approximate surface area is 118 Å². The number of rotatable bonds is 8. The Bertz CT molecular complexity index is 414. The number of hydrogen-bond donors (Lipinski definition) is 1. The topological polar surface area (TPSA) is 68.0 Å². The van der Waals surface area contributed by atoms with Crippen LogP contribution < -0.4 is 0 Å². The summed E-state index contributed by atoms with van der Waals surface area (Å²) in [6.45, 7) is 9.39. The second-order valence-electron chi connectivity index (χ2n) is 4.97. The fraction of sp³-hybridized carbons (Fsp3) is 0.769. The largest absolute Gasteiger partial charge is 0.481 e. The van der Waals surface area contributed by atoms with Crippen molar-refractivity contribution in [1.29, 1.82) is 0 Å². The molecule has 1 rings (SSSR count). The van der Waals surface area contributed by atoms with E-state index in [1.165, 1.54) is 11.8 Å². The van der Waals surface area contributed by atoms with Crippen molar-refractivity contribution in [3.63, 3.8) is 0 Å². The van der Waals surface area contributed by atoms with Gasteiger partial charge in [-0.3, -0.25) is 4.79 Å². The van der Waals surface area contributed by atoms with Gasteiger partial charge >= 0.3 is 5.97 Å². The van der Waals surface area contributed by atoms with E-state index in [2.05, 4.69) is 42.5 Å². The van der Waals surface area contributed by atoms with E-state index in [0.29, 0.717) is 11.8 Å². The van der Waals surface area contributed by atoms with Crippen molar-refractivity contribution in [2.75, 3.05) is 5.75 Å². The van der Waals surface area contributed by atoms with Crippen LogP contribution in [-0.2, 0) is 11.3 Å². The summed E-state index contributed by atoms with van der Waals surface area (Å²) in [5, 5.41) is 17.9. The Morgan fingerprint density at radius 1 is 1.32 bits per heavy atom. The SMILES string of the molecule is CCC(CC)Cn1c(SCC(=O)O)nnc1C(C)C. The third-order valence-electron chi connectivity index (χ3n) is 3.18. The first-order valence-corrected chi connectivity index (χ1v) is 7.75. The molecule has 0 amide bonds. The molecule has 0 saturated carbocycles. The maximum atomic E-state index is 10.7. The molecule has 108 valence electrons. The van der Waals surface area contributed by atoms with Gasteiger partial charge in [0.15, 0.2) is 5.16 Å². The van der Waals surface area contributed by atoms with E-state index < -0.39 is 5.97 Å². The highest BCUT2D eigenvalue weighted by Gasteiger charge is 2.18. The molecule has 1 aromatic heterocycles. The van der Waals surface area contributed by atoms with Gasteiger partial charge in [0.1, 0.15) is 5.82 Å². The fourth-order valence-corrected chi connectivity index (χ4v) is 2.61. The van der Waals surface area contributed by atoms with Crippen molar-refractivity contribution < 1.29 is 9.90 Å². The summed E-state index contributed by atoms with van der Waals surface area (Å²) in [7, 11) is 0. The van der Waals surface area contributed by atoms with Gasteiger partial charge in [0.2, 0.25) is 0 Å². The standard InChI is InChI=1S/C13H23N3O2S/c1-5-10(6-2)7-16-12(9(3)4)14-15-13(16)19-8-11(17)18/h9-10H,5-8H2,1-4H3,(H,17,18). The van der Waals surface area contributed by atoms with Crippen molar-refractivity contribution in [2.45, 2.75) is 58.2 Å². The number of carboxylic acids is 1. The molecule has 1 aromatic rings. The van der Waals surface area contributed by atoms with Crippen molar-refractivity contribution in [3.8, 4) is 0 Å². The highest BCUT2D eigenvalue weighted by Crippen LogP contribution is 2.24. The fourth-order valence-electron chi connectivity index (χ4n) is 1.94. The molecule has 0 bridgehead atoms. The molecule has 0 spiro atoms. The van der Waals surface area contributed by atoms with Gasteiger partial charge in [-0.25, -0.2) is 0 Å². The molecule has 0 radical (unpaired) electrons. The zero-order valence-corrected chi connectivity index (χ0v) is 12.9. The molecule has 1 heterocycles. The number of carboxylic acid groups (broad SMARTS) is 1. The predicted octanol–water partition coefficient (Wildman–Crippen LogP) is 3.01. The Balaban J connectivity index is 2.94. The average molecular weight is 285 g/mol. The molecule has 6 heteroatoms. The van der Waals surface area contributed by atoms with Crippen LogP contribution in [0.2, 0.25) is 0 Å². The van der Waals surface area contributed by atoms with Crippen LogP contribution >= 0.6 is 11.8 Å². The number of nitrogens with zero attached hydrogens (tertiary/aromatic N) is 3. The van der Waals surface area contributed by atoms with Gasteiger partial charge in [0.25, 0.3) is 0 Å². The lowest BCUT2D eigenvalue weighted by molar-refractivity contribution is -0.133. The summed E-state index contributed by atoms with van der Waals surface area (Å²) in [5.74, 6) is 1.02. The molecular weight excluding hydrogens is 262 g/mol. The molecule has 0 fully saturated rings. The Hall–Kier alpha value is -1.04. The summed E-state index contributed by atoms with van der Waals surface area (Å²) in [5.41, 5.74) is 0. The van der Waals surface area contributed by atoms with Crippen molar-refractivity contribution in [2.24, 2.45) is 5.92 Å². The van der Waals surface area contributed by atoms with Gasteiger partial charge in [-0.05, 0) is 5.92 Å². The third kappa shape index (κ3) is 4.53. The average Bonchev–Trinajstić information content (AvgIpc) is 2.76. The second-order valence-corrected chi connectivity index (χ2v) is 5.91. The van der Waals surface area contributed by atoms with Gasteiger partial charge in [0.05, 0.1) is 5.75 Å². The first-order chi connectivity index (χ1) is 8.99. The van der Waals surface area contributed by atoms with Crippen molar-refractivity contribution in [3.05, 3.63) is 5.82 Å². The van der Waals surface area contributed by atoms with Crippen LogP contribution in [0, 0.1) is 5.92 Å². The molecule has 0 aliphatic rings. The molecular formula is C13H23N3O2S. The molecule has 0 aliphatic heterocycles. The summed E-state index contributed by atoms with van der Waals surface area (Å²) in [6, 6.07) is 0. The molecule has 5 nitrogen and oxygen atoms in total. The van der Waals surface area contributed by atoms with Crippen LogP contribution in [0.1, 0.15) is 52.3 Å². The lowest BCUT2D eigenvalue weighted by Crippen LogP contribution is -2.14. The number of thioether (sulfide) groups is 1. The molecule has 0 aliphatic carbocycles. The van der Waals surface area contributed by atoms with Crippen molar-refractivity contribution in [1.82, 2.24) is 14.8 Å². The van der Waals surface area contributed by atoms with E-state index in [0.717, 1.165) is 30.4 Å². The maximum absolute atomic E-state index is 10.7. The van der Waals surface area contributed by atoms with E-state index in [1.807, 2.05) is 0 Å². The minimum atomic E-state index is -0.826. The Morgan fingerprint density at radius 2 is 1.95 bits per heavy atom. The number of aliphatic carboxylic acids is 1. The van der Waals surface area contributed by atoms with E-state index in [1.54, 1.807) is 0 Å². The first kappa shape index (κ1) is 16.0. The molecule has 0 atom stereocenters.